The second kappa shape index (κ2) is 12.7. The van der Waals surface area contributed by atoms with E-state index in [1.54, 1.807) is 22.5 Å². The molecule has 2 aromatic rings. The molecular weight excluding hydrogens is 461 g/mol. The number of thiophene rings is 1. The van der Waals surface area contributed by atoms with E-state index in [1.165, 1.54) is 42.5 Å². The SMILES string of the molecule is CCCCCC(O)c1ccc([C@H]2C(C)=C(C)C(C)[C@@H]2CCCc2cc[c-]s2)cc1.[Y]. The van der Waals surface area contributed by atoms with Gasteiger partial charge in [-0.05, 0) is 49.7 Å². The molecule has 161 valence electrons. The van der Waals surface area contributed by atoms with Crippen molar-refractivity contribution in [3.63, 3.8) is 0 Å². The minimum atomic E-state index is -0.324. The maximum absolute atomic E-state index is 10.5. The van der Waals surface area contributed by atoms with Gasteiger partial charge in [0.1, 0.15) is 0 Å². The molecule has 1 aromatic carbocycles. The van der Waals surface area contributed by atoms with Crippen LogP contribution in [-0.4, -0.2) is 5.11 Å². The molecule has 3 rings (SSSR count). The second-order valence-corrected chi connectivity index (χ2v) is 9.85. The predicted octanol–water partition coefficient (Wildman–Crippen LogP) is 7.87. The van der Waals surface area contributed by atoms with Crippen LogP contribution in [0.3, 0.4) is 0 Å². The van der Waals surface area contributed by atoms with Crippen molar-refractivity contribution >= 4 is 11.3 Å². The van der Waals surface area contributed by atoms with Gasteiger partial charge in [0.05, 0.1) is 6.10 Å². The van der Waals surface area contributed by atoms with Crippen LogP contribution in [0.1, 0.15) is 94.2 Å². The first-order chi connectivity index (χ1) is 14.0. The molecule has 0 saturated heterocycles. The first kappa shape index (κ1) is 26.0. The number of benzene rings is 1. The summed E-state index contributed by atoms with van der Waals surface area (Å²) in [6.45, 7) is 9.27. The van der Waals surface area contributed by atoms with Gasteiger partial charge in [-0.2, -0.15) is 6.07 Å². The molecule has 30 heavy (non-hydrogen) atoms. The van der Waals surface area contributed by atoms with Crippen molar-refractivity contribution in [1.29, 1.82) is 0 Å². The van der Waals surface area contributed by atoms with E-state index in [0.29, 0.717) is 17.8 Å². The Morgan fingerprint density at radius 1 is 1.03 bits per heavy atom. The zero-order valence-corrected chi connectivity index (χ0v) is 22.8. The van der Waals surface area contributed by atoms with Gasteiger partial charge in [-0.1, -0.05) is 81.4 Å². The van der Waals surface area contributed by atoms with Crippen LogP contribution in [0.25, 0.3) is 0 Å². The number of hydrogen-bond acceptors (Lipinski definition) is 2. The Kier molecular flexibility index (Phi) is 11.0. The fraction of sp³-hybridized carbons (Fsp3) is 0.556. The third-order valence-electron chi connectivity index (χ3n) is 7.09. The summed E-state index contributed by atoms with van der Waals surface area (Å²) in [5, 5.41) is 13.7. The predicted molar refractivity (Wildman–Crippen MR) is 125 cm³/mol. The number of hydrogen-bond donors (Lipinski definition) is 1. The molecule has 0 spiro atoms. The van der Waals surface area contributed by atoms with Crippen molar-refractivity contribution in [2.45, 2.75) is 84.7 Å². The summed E-state index contributed by atoms with van der Waals surface area (Å²) >= 11 is 1.76. The van der Waals surface area contributed by atoms with Crippen LogP contribution >= 0.6 is 11.3 Å². The monoisotopic (exact) mass is 498 g/mol. The fourth-order valence-corrected chi connectivity index (χ4v) is 5.72. The molecule has 1 aromatic heterocycles. The topological polar surface area (TPSA) is 20.2 Å². The van der Waals surface area contributed by atoms with Crippen molar-refractivity contribution in [2.75, 3.05) is 0 Å². The van der Waals surface area contributed by atoms with Crippen LogP contribution in [0.15, 0.2) is 47.5 Å². The van der Waals surface area contributed by atoms with E-state index in [1.807, 2.05) is 6.07 Å². The second-order valence-electron chi connectivity index (χ2n) is 8.89. The minimum Gasteiger partial charge on any atom is -0.388 e. The van der Waals surface area contributed by atoms with Crippen LogP contribution in [0, 0.1) is 17.2 Å². The molecule has 1 radical (unpaired) electrons. The summed E-state index contributed by atoms with van der Waals surface area (Å²) in [4.78, 5) is 1.45. The molecule has 1 aliphatic rings. The normalized spacial score (nSPS) is 22.2. The van der Waals surface area contributed by atoms with Crippen molar-refractivity contribution in [1.82, 2.24) is 0 Å². The molecule has 0 amide bonds. The number of aliphatic hydroxyl groups is 1. The van der Waals surface area contributed by atoms with Crippen molar-refractivity contribution in [2.24, 2.45) is 11.8 Å². The zero-order valence-electron chi connectivity index (χ0n) is 19.2. The summed E-state index contributed by atoms with van der Waals surface area (Å²) in [5.74, 6) is 1.85. The van der Waals surface area contributed by atoms with Crippen LogP contribution < -0.4 is 0 Å². The molecule has 4 atom stereocenters. The van der Waals surface area contributed by atoms with Crippen LogP contribution in [0.4, 0.5) is 0 Å². The van der Waals surface area contributed by atoms with Crippen LogP contribution in [0.5, 0.6) is 0 Å². The maximum atomic E-state index is 10.5. The van der Waals surface area contributed by atoms with Gasteiger partial charge in [0.15, 0.2) is 0 Å². The molecule has 1 N–H and O–H groups in total. The van der Waals surface area contributed by atoms with Crippen LogP contribution in [-0.2, 0) is 39.1 Å². The Morgan fingerprint density at radius 3 is 2.40 bits per heavy atom. The molecule has 0 bridgehead atoms. The van der Waals surface area contributed by atoms with Gasteiger partial charge >= 0.3 is 0 Å². The molecule has 1 nitrogen and oxygen atoms in total. The quantitative estimate of drug-likeness (QED) is 0.201. The Hall–Kier alpha value is -0.276. The van der Waals surface area contributed by atoms with E-state index in [9.17, 15) is 5.11 Å². The maximum Gasteiger partial charge on any atom is 0.0790 e. The van der Waals surface area contributed by atoms with Gasteiger partial charge < -0.3 is 16.4 Å². The number of allylic oxidation sites excluding steroid dienone is 2. The summed E-state index contributed by atoms with van der Waals surface area (Å²) in [6, 6.07) is 13.1. The summed E-state index contributed by atoms with van der Waals surface area (Å²) in [6.07, 6.45) is 7.72. The number of rotatable bonds is 10. The summed E-state index contributed by atoms with van der Waals surface area (Å²) in [5.41, 5.74) is 5.63. The van der Waals surface area contributed by atoms with Gasteiger partial charge in [0, 0.05) is 38.6 Å². The zero-order chi connectivity index (χ0) is 20.8. The molecule has 1 heterocycles. The third-order valence-corrected chi connectivity index (χ3v) is 7.95. The number of aliphatic hydroxyl groups excluding tert-OH is 1. The molecule has 2 unspecified atom stereocenters. The Morgan fingerprint density at radius 2 is 1.77 bits per heavy atom. The van der Waals surface area contributed by atoms with Gasteiger partial charge in [-0.3, -0.25) is 0 Å². The molecular formula is C27H37OSY-. The largest absolute Gasteiger partial charge is 0.388 e. The molecule has 0 saturated carbocycles. The molecule has 1 aliphatic carbocycles. The van der Waals surface area contributed by atoms with Gasteiger partial charge in [-0.25, -0.2) is 6.07 Å². The Balaban J connectivity index is 0.00000320. The van der Waals surface area contributed by atoms with Gasteiger partial charge in [0.25, 0.3) is 0 Å². The van der Waals surface area contributed by atoms with Crippen molar-refractivity contribution < 1.29 is 37.8 Å². The van der Waals surface area contributed by atoms with Gasteiger partial charge in [0.2, 0.25) is 0 Å². The Labute approximate surface area is 213 Å². The van der Waals surface area contributed by atoms with E-state index in [2.05, 4.69) is 63.4 Å². The van der Waals surface area contributed by atoms with Crippen molar-refractivity contribution in [3.05, 3.63) is 68.9 Å². The van der Waals surface area contributed by atoms with E-state index in [0.717, 1.165) is 18.4 Å². The molecule has 0 fully saturated rings. The summed E-state index contributed by atoms with van der Waals surface area (Å²) in [7, 11) is 0. The van der Waals surface area contributed by atoms with Crippen LogP contribution in [0.2, 0.25) is 0 Å². The minimum absolute atomic E-state index is 0. The van der Waals surface area contributed by atoms with Crippen molar-refractivity contribution in [3.8, 4) is 0 Å². The van der Waals surface area contributed by atoms with E-state index >= 15 is 0 Å². The van der Waals surface area contributed by atoms with E-state index < -0.39 is 0 Å². The molecule has 3 heteroatoms. The van der Waals surface area contributed by atoms with E-state index in [-0.39, 0.29) is 38.8 Å². The third kappa shape index (κ3) is 6.38. The average molecular weight is 499 g/mol. The van der Waals surface area contributed by atoms with Gasteiger partial charge in [-0.15, -0.1) is 10.3 Å². The number of unbranched alkanes of at least 4 members (excludes halogenated alkanes) is 2. The molecule has 0 aliphatic heterocycles. The van der Waals surface area contributed by atoms with E-state index in [4.69, 9.17) is 0 Å². The first-order valence-corrected chi connectivity index (χ1v) is 12.2. The smallest absolute Gasteiger partial charge is 0.0790 e. The fourth-order valence-electron chi connectivity index (χ4n) is 5.05. The Bertz CT molecular complexity index is 778. The number of aryl methyl sites for hydroxylation is 1. The first-order valence-electron chi connectivity index (χ1n) is 11.4. The average Bonchev–Trinajstić information content (AvgIpc) is 3.32. The summed E-state index contributed by atoms with van der Waals surface area (Å²) < 4.78 is 0. The standard InChI is InChI=1S/C27H37OS.Y/c1-5-6-7-13-26(28)22-14-16-23(17-15-22)27-21(4)19(2)20(3)25(27)12-8-10-24-11-9-18-29-24;/h9,11,14-17,20,25-28H,5-8,10,12-13H2,1-4H3;/q-1;/t20?,25-,26?,27+;/m0./s1.